The van der Waals surface area contributed by atoms with Gasteiger partial charge in [-0.15, -0.1) is 0 Å². The molecule has 0 unspecified atom stereocenters. The van der Waals surface area contributed by atoms with Crippen molar-refractivity contribution in [1.29, 1.82) is 0 Å². The zero-order valence-corrected chi connectivity index (χ0v) is 12.9. The molecular weight excluding hydrogens is 336 g/mol. The summed E-state index contributed by atoms with van der Waals surface area (Å²) in [7, 11) is 0. The van der Waals surface area contributed by atoms with Crippen LogP contribution in [0.5, 0.6) is 0 Å². The molecule has 0 aliphatic carbocycles. The molecule has 128 valence electrons. The molecule has 1 aliphatic rings. The van der Waals surface area contributed by atoms with Gasteiger partial charge in [-0.05, 0) is 30.3 Å². The Kier molecular flexibility index (Phi) is 3.52. The van der Waals surface area contributed by atoms with Gasteiger partial charge in [0.05, 0.1) is 5.56 Å². The minimum Gasteiger partial charge on any atom is -0.358 e. The highest BCUT2D eigenvalue weighted by Gasteiger charge is 2.28. The van der Waals surface area contributed by atoms with E-state index >= 15 is 0 Å². The summed E-state index contributed by atoms with van der Waals surface area (Å²) in [4.78, 5) is 17.0. The lowest BCUT2D eigenvalue weighted by Crippen LogP contribution is -2.36. The van der Waals surface area contributed by atoms with Crippen molar-refractivity contribution in [2.45, 2.75) is 13.0 Å². The second kappa shape index (κ2) is 5.61. The number of rotatable bonds is 1. The van der Waals surface area contributed by atoms with E-state index in [4.69, 9.17) is 0 Å². The monoisotopic (exact) mass is 348 g/mol. The fraction of sp³-hybridized carbons (Fsp3) is 0.167. The average Bonchev–Trinajstić information content (AvgIpc) is 2.95. The summed E-state index contributed by atoms with van der Waals surface area (Å²) in [5.41, 5.74) is 1.82. The molecule has 7 heteroatoms. The Balaban J connectivity index is 1.69. The maximum Gasteiger partial charge on any atom is 0.257 e. The lowest BCUT2D eigenvalue weighted by molar-refractivity contribution is 0.0729. The van der Waals surface area contributed by atoms with Crippen LogP contribution >= 0.6 is 0 Å². The van der Waals surface area contributed by atoms with Gasteiger partial charge < -0.3 is 9.88 Å². The molecule has 0 atom stereocenters. The third-order valence-electron chi connectivity index (χ3n) is 4.49. The molecular formula is C18H12F4N2O. The van der Waals surface area contributed by atoms with E-state index in [-0.39, 0.29) is 12.4 Å². The van der Waals surface area contributed by atoms with E-state index in [2.05, 4.69) is 4.98 Å². The fourth-order valence-electron chi connectivity index (χ4n) is 3.23. The maximum absolute atomic E-state index is 13.9. The molecule has 2 aromatic carbocycles. The van der Waals surface area contributed by atoms with Crippen molar-refractivity contribution in [1.82, 2.24) is 9.88 Å². The molecule has 0 saturated heterocycles. The van der Waals surface area contributed by atoms with Gasteiger partial charge in [-0.1, -0.05) is 0 Å². The highest BCUT2D eigenvalue weighted by Crippen LogP contribution is 2.29. The highest BCUT2D eigenvalue weighted by atomic mass is 19.2. The molecule has 4 rings (SSSR count). The molecule has 1 aromatic heterocycles. The molecule has 0 fully saturated rings. The number of nitrogens with zero attached hydrogens (tertiary/aromatic N) is 1. The number of nitrogens with one attached hydrogen (secondary N) is 1. The van der Waals surface area contributed by atoms with Crippen LogP contribution < -0.4 is 0 Å². The van der Waals surface area contributed by atoms with E-state index < -0.39 is 28.9 Å². The van der Waals surface area contributed by atoms with Crippen molar-refractivity contribution in [2.75, 3.05) is 6.54 Å². The minimum atomic E-state index is -1.66. The van der Waals surface area contributed by atoms with Crippen LogP contribution in [0.2, 0.25) is 0 Å². The van der Waals surface area contributed by atoms with Crippen LogP contribution in [0, 0.1) is 23.3 Å². The minimum absolute atomic E-state index is 0.179. The molecule has 2 heterocycles. The lowest BCUT2D eigenvalue weighted by Gasteiger charge is -2.27. The van der Waals surface area contributed by atoms with Gasteiger partial charge in [-0.2, -0.15) is 0 Å². The second-order valence-corrected chi connectivity index (χ2v) is 5.97. The summed E-state index contributed by atoms with van der Waals surface area (Å²) < 4.78 is 53.7. The van der Waals surface area contributed by atoms with E-state index in [9.17, 15) is 22.4 Å². The van der Waals surface area contributed by atoms with Crippen LogP contribution in [0.1, 0.15) is 21.6 Å². The highest BCUT2D eigenvalue weighted by molar-refractivity contribution is 5.95. The number of carbonyl (C=O) groups excluding carboxylic acids is 1. The number of fused-ring (bicyclic) bond motifs is 3. The number of aromatic nitrogens is 1. The summed E-state index contributed by atoms with van der Waals surface area (Å²) in [5, 5.41) is 0.777. The first kappa shape index (κ1) is 15.7. The van der Waals surface area contributed by atoms with Crippen molar-refractivity contribution in [3.63, 3.8) is 0 Å². The van der Waals surface area contributed by atoms with Gasteiger partial charge in [0, 0.05) is 41.7 Å². The van der Waals surface area contributed by atoms with Crippen molar-refractivity contribution in [3.05, 3.63) is 70.4 Å². The van der Waals surface area contributed by atoms with E-state index in [0.717, 1.165) is 28.8 Å². The Bertz CT molecular complexity index is 1010. The first-order valence-electron chi connectivity index (χ1n) is 7.67. The SMILES string of the molecule is O=C(c1ccc(F)c(F)c1F)N1CCc2[nH]c3cc(F)ccc3c2C1. The van der Waals surface area contributed by atoms with E-state index in [1.807, 2.05) is 0 Å². The number of hydrogen-bond acceptors (Lipinski definition) is 1. The largest absolute Gasteiger partial charge is 0.358 e. The number of carbonyl (C=O) groups is 1. The van der Waals surface area contributed by atoms with Crippen molar-refractivity contribution >= 4 is 16.8 Å². The van der Waals surface area contributed by atoms with Gasteiger partial charge in [0.2, 0.25) is 0 Å². The summed E-state index contributed by atoms with van der Waals surface area (Å²) in [6.07, 6.45) is 0.475. The molecule has 1 amide bonds. The number of benzene rings is 2. The third-order valence-corrected chi connectivity index (χ3v) is 4.49. The first-order chi connectivity index (χ1) is 12.0. The van der Waals surface area contributed by atoms with Crippen LogP contribution in [0.4, 0.5) is 17.6 Å². The third kappa shape index (κ3) is 2.47. The molecule has 0 bridgehead atoms. The van der Waals surface area contributed by atoms with Crippen molar-refractivity contribution < 1.29 is 22.4 Å². The Hall–Kier alpha value is -2.83. The van der Waals surface area contributed by atoms with E-state index in [0.29, 0.717) is 18.5 Å². The topological polar surface area (TPSA) is 36.1 Å². The van der Waals surface area contributed by atoms with E-state index in [1.165, 1.54) is 17.0 Å². The lowest BCUT2D eigenvalue weighted by atomic mass is 10.0. The molecule has 1 N–H and O–H groups in total. The number of hydrogen-bond donors (Lipinski definition) is 1. The van der Waals surface area contributed by atoms with Crippen molar-refractivity contribution in [2.24, 2.45) is 0 Å². The Morgan fingerprint density at radius 1 is 1.04 bits per heavy atom. The fourth-order valence-corrected chi connectivity index (χ4v) is 3.23. The van der Waals surface area contributed by atoms with E-state index in [1.54, 1.807) is 6.07 Å². The van der Waals surface area contributed by atoms with Gasteiger partial charge in [-0.3, -0.25) is 4.79 Å². The normalized spacial score (nSPS) is 14.0. The predicted molar refractivity (Wildman–Crippen MR) is 83.0 cm³/mol. The Morgan fingerprint density at radius 3 is 2.64 bits per heavy atom. The smallest absolute Gasteiger partial charge is 0.257 e. The van der Waals surface area contributed by atoms with Crippen LogP contribution in [0.25, 0.3) is 10.9 Å². The van der Waals surface area contributed by atoms with Gasteiger partial charge in [0.1, 0.15) is 5.82 Å². The number of amides is 1. The summed E-state index contributed by atoms with van der Waals surface area (Å²) in [5.74, 6) is -5.57. The van der Waals surface area contributed by atoms with Crippen LogP contribution in [-0.2, 0) is 13.0 Å². The van der Waals surface area contributed by atoms with Crippen LogP contribution in [0.3, 0.4) is 0 Å². The number of H-pyrrole nitrogens is 1. The van der Waals surface area contributed by atoms with Gasteiger partial charge in [0.25, 0.3) is 5.91 Å². The van der Waals surface area contributed by atoms with Gasteiger partial charge in [0.15, 0.2) is 17.5 Å². The maximum atomic E-state index is 13.9. The first-order valence-corrected chi connectivity index (χ1v) is 7.67. The number of halogens is 4. The average molecular weight is 348 g/mol. The summed E-state index contributed by atoms with van der Waals surface area (Å²) in [6, 6.07) is 5.99. The Morgan fingerprint density at radius 2 is 1.84 bits per heavy atom. The summed E-state index contributed by atoms with van der Waals surface area (Å²) in [6.45, 7) is 0.470. The zero-order chi connectivity index (χ0) is 17.7. The van der Waals surface area contributed by atoms with Gasteiger partial charge in [-0.25, -0.2) is 17.6 Å². The van der Waals surface area contributed by atoms with Crippen molar-refractivity contribution in [3.8, 4) is 0 Å². The quantitative estimate of drug-likeness (QED) is 0.525. The zero-order valence-electron chi connectivity index (χ0n) is 12.9. The van der Waals surface area contributed by atoms with Crippen LogP contribution in [-0.4, -0.2) is 22.3 Å². The van der Waals surface area contributed by atoms with Crippen LogP contribution in [0.15, 0.2) is 30.3 Å². The molecule has 0 saturated carbocycles. The number of aromatic amines is 1. The molecule has 1 aliphatic heterocycles. The molecule has 3 aromatic rings. The molecule has 0 spiro atoms. The van der Waals surface area contributed by atoms with Gasteiger partial charge >= 0.3 is 0 Å². The standard InChI is InChI=1S/C18H12F4N2O/c19-9-1-2-10-12-8-24(6-5-14(12)23-15(10)7-9)18(25)11-3-4-13(20)17(22)16(11)21/h1-4,7,23H,5-6,8H2. The predicted octanol–water partition coefficient (Wildman–Crippen LogP) is 3.92. The Labute approximate surface area is 139 Å². The molecule has 25 heavy (non-hydrogen) atoms. The molecule has 3 nitrogen and oxygen atoms in total. The molecule has 0 radical (unpaired) electrons. The second-order valence-electron chi connectivity index (χ2n) is 5.97. The summed E-state index contributed by atoms with van der Waals surface area (Å²) >= 11 is 0.